The van der Waals surface area contributed by atoms with Crippen LogP contribution in [0, 0.1) is 5.92 Å². The second-order valence-electron chi connectivity index (χ2n) is 4.28. The first-order chi connectivity index (χ1) is 7.56. The molecule has 1 rings (SSSR count). The topological polar surface area (TPSA) is 82.2 Å². The van der Waals surface area contributed by atoms with Gasteiger partial charge in [0.2, 0.25) is 0 Å². The van der Waals surface area contributed by atoms with Crippen molar-refractivity contribution in [3.8, 4) is 0 Å². The van der Waals surface area contributed by atoms with Crippen LogP contribution in [-0.4, -0.2) is 53.6 Å². The fourth-order valence-electron chi connectivity index (χ4n) is 1.83. The molecule has 1 aliphatic rings. The molecule has 0 aromatic heterocycles. The number of carbonyl (C=O) groups is 1. The minimum absolute atomic E-state index is 0.0232. The zero-order valence-electron chi connectivity index (χ0n) is 9.89. The average molecular weight is 228 g/mol. The van der Waals surface area contributed by atoms with Crippen molar-refractivity contribution in [3.05, 3.63) is 0 Å². The van der Waals surface area contributed by atoms with Crippen molar-refractivity contribution in [2.75, 3.05) is 26.7 Å². The Morgan fingerprint density at radius 2 is 2.12 bits per heavy atom. The highest BCUT2D eigenvalue weighted by molar-refractivity contribution is 5.83. The van der Waals surface area contributed by atoms with E-state index in [1.54, 1.807) is 11.9 Å². The molecule has 3 N–H and O–H groups in total. The molecule has 0 bridgehead atoms. The van der Waals surface area contributed by atoms with Crippen LogP contribution in [0.5, 0.6) is 0 Å². The van der Waals surface area contributed by atoms with Crippen LogP contribution in [0.25, 0.3) is 0 Å². The Morgan fingerprint density at radius 1 is 1.56 bits per heavy atom. The lowest BCUT2D eigenvalue weighted by Crippen LogP contribution is -2.43. The lowest BCUT2D eigenvalue weighted by molar-refractivity contribution is 0.170. The summed E-state index contributed by atoms with van der Waals surface area (Å²) in [6, 6.07) is 0.0232. The summed E-state index contributed by atoms with van der Waals surface area (Å²) in [6.45, 7) is 3.95. The van der Waals surface area contributed by atoms with E-state index in [4.69, 9.17) is 10.9 Å². The molecule has 1 aliphatic heterocycles. The Hall–Kier alpha value is -1.46. The largest absolute Gasteiger partial charge is 0.409 e. The van der Waals surface area contributed by atoms with E-state index in [0.717, 1.165) is 25.9 Å². The van der Waals surface area contributed by atoms with Crippen molar-refractivity contribution < 1.29 is 10.0 Å². The van der Waals surface area contributed by atoms with E-state index < -0.39 is 0 Å². The molecule has 1 heterocycles. The summed E-state index contributed by atoms with van der Waals surface area (Å²) >= 11 is 0. The Morgan fingerprint density at radius 3 is 2.62 bits per heavy atom. The van der Waals surface area contributed by atoms with E-state index in [-0.39, 0.29) is 17.8 Å². The lowest BCUT2D eigenvalue weighted by Gasteiger charge is -2.26. The van der Waals surface area contributed by atoms with Gasteiger partial charge in [-0.3, -0.25) is 0 Å². The van der Waals surface area contributed by atoms with Crippen molar-refractivity contribution in [1.29, 1.82) is 0 Å². The number of carbonyl (C=O) groups excluding carboxylic acids is 1. The highest BCUT2D eigenvalue weighted by atomic mass is 16.4. The first kappa shape index (κ1) is 12.6. The summed E-state index contributed by atoms with van der Waals surface area (Å²) in [7, 11) is 1.74. The molecule has 0 aromatic rings. The van der Waals surface area contributed by atoms with E-state index in [1.165, 1.54) is 0 Å². The molecular formula is C10H20N4O2. The maximum atomic E-state index is 11.9. The molecule has 1 fully saturated rings. The standard InChI is InChI=1S/C10H20N4O2/c1-8(9(11)12-16)7-13(2)10(15)14-5-3-4-6-14/h8,16H,3-7H2,1-2H3,(H2,11,12). The van der Waals surface area contributed by atoms with Crippen molar-refractivity contribution in [2.45, 2.75) is 19.8 Å². The van der Waals surface area contributed by atoms with Crippen molar-refractivity contribution >= 4 is 11.9 Å². The molecular weight excluding hydrogens is 208 g/mol. The van der Waals surface area contributed by atoms with E-state index >= 15 is 0 Å². The maximum absolute atomic E-state index is 11.9. The SMILES string of the molecule is CC(CN(C)C(=O)N1CCCC1)C(N)=NO. The molecule has 92 valence electrons. The fraction of sp³-hybridized carbons (Fsp3) is 0.800. The second-order valence-corrected chi connectivity index (χ2v) is 4.28. The van der Waals surface area contributed by atoms with E-state index in [0.29, 0.717) is 6.54 Å². The molecule has 1 unspecified atom stereocenters. The number of oxime groups is 1. The van der Waals surface area contributed by atoms with Crippen molar-refractivity contribution in [3.63, 3.8) is 0 Å². The van der Waals surface area contributed by atoms with Gasteiger partial charge < -0.3 is 20.7 Å². The third-order valence-corrected chi connectivity index (χ3v) is 2.87. The predicted octanol–water partition coefficient (Wildman–Crippen LogP) is 0.516. The van der Waals surface area contributed by atoms with Gasteiger partial charge in [-0.1, -0.05) is 12.1 Å². The number of nitrogens with two attached hydrogens (primary N) is 1. The van der Waals surface area contributed by atoms with Crippen LogP contribution in [-0.2, 0) is 0 Å². The number of nitrogens with zero attached hydrogens (tertiary/aromatic N) is 3. The van der Waals surface area contributed by atoms with Crippen LogP contribution in [0.2, 0.25) is 0 Å². The van der Waals surface area contributed by atoms with Crippen LogP contribution in [0.1, 0.15) is 19.8 Å². The quantitative estimate of drug-likeness (QED) is 0.320. The lowest BCUT2D eigenvalue weighted by atomic mass is 10.1. The molecule has 2 amide bonds. The summed E-state index contributed by atoms with van der Waals surface area (Å²) in [5, 5.41) is 11.5. The number of likely N-dealkylation sites (tertiary alicyclic amines) is 1. The van der Waals surface area contributed by atoms with E-state index in [2.05, 4.69) is 5.16 Å². The molecule has 0 radical (unpaired) electrons. The smallest absolute Gasteiger partial charge is 0.319 e. The van der Waals surface area contributed by atoms with E-state index in [1.807, 2.05) is 11.8 Å². The molecule has 6 nitrogen and oxygen atoms in total. The van der Waals surface area contributed by atoms with Gasteiger partial charge in [-0.2, -0.15) is 0 Å². The Balaban J connectivity index is 2.44. The van der Waals surface area contributed by atoms with Crippen molar-refractivity contribution in [1.82, 2.24) is 9.80 Å². The number of hydrogen-bond donors (Lipinski definition) is 2. The maximum Gasteiger partial charge on any atom is 0.319 e. The number of urea groups is 1. The molecule has 1 atom stereocenters. The molecule has 1 saturated heterocycles. The van der Waals surface area contributed by atoms with Crippen molar-refractivity contribution in [2.24, 2.45) is 16.8 Å². The molecule has 6 heteroatoms. The molecule has 16 heavy (non-hydrogen) atoms. The summed E-state index contributed by atoms with van der Waals surface area (Å²) < 4.78 is 0. The minimum atomic E-state index is -0.137. The van der Waals surface area contributed by atoms with Gasteiger partial charge in [-0.05, 0) is 12.8 Å². The normalized spacial score (nSPS) is 18.6. The Kier molecular flexibility index (Phi) is 4.39. The van der Waals surface area contributed by atoms with Gasteiger partial charge in [0.25, 0.3) is 0 Å². The number of rotatable bonds is 3. The van der Waals surface area contributed by atoms with E-state index in [9.17, 15) is 4.79 Å². The number of amides is 2. The highest BCUT2D eigenvalue weighted by Gasteiger charge is 2.22. The Labute approximate surface area is 95.7 Å². The number of amidine groups is 1. The fourth-order valence-corrected chi connectivity index (χ4v) is 1.83. The van der Waals surface area contributed by atoms with Gasteiger partial charge in [0.1, 0.15) is 5.84 Å². The van der Waals surface area contributed by atoms with Crippen LogP contribution in [0.3, 0.4) is 0 Å². The van der Waals surface area contributed by atoms with Gasteiger partial charge in [-0.25, -0.2) is 4.79 Å². The third kappa shape index (κ3) is 3.01. The molecule has 0 saturated carbocycles. The zero-order valence-corrected chi connectivity index (χ0v) is 9.89. The van der Waals surface area contributed by atoms with Crippen LogP contribution in [0.15, 0.2) is 5.16 Å². The monoisotopic (exact) mass is 228 g/mol. The van der Waals surface area contributed by atoms with Crippen LogP contribution >= 0.6 is 0 Å². The highest BCUT2D eigenvalue weighted by Crippen LogP contribution is 2.10. The van der Waals surface area contributed by atoms with Gasteiger partial charge in [-0.15, -0.1) is 0 Å². The van der Waals surface area contributed by atoms with Gasteiger partial charge >= 0.3 is 6.03 Å². The first-order valence-corrected chi connectivity index (χ1v) is 5.53. The Bertz CT molecular complexity index is 274. The summed E-state index contributed by atoms with van der Waals surface area (Å²) in [4.78, 5) is 15.4. The molecule has 0 spiro atoms. The summed E-state index contributed by atoms with van der Waals surface area (Å²) in [6.07, 6.45) is 2.16. The van der Waals surface area contributed by atoms with Gasteiger partial charge in [0.05, 0.1) is 0 Å². The van der Waals surface area contributed by atoms with Gasteiger partial charge in [0.15, 0.2) is 0 Å². The number of hydrogen-bond acceptors (Lipinski definition) is 3. The van der Waals surface area contributed by atoms with Crippen LogP contribution < -0.4 is 5.73 Å². The van der Waals surface area contributed by atoms with Gasteiger partial charge in [0, 0.05) is 32.6 Å². The zero-order chi connectivity index (χ0) is 12.1. The molecule has 0 aromatic carbocycles. The summed E-state index contributed by atoms with van der Waals surface area (Å²) in [5.41, 5.74) is 5.47. The van der Waals surface area contributed by atoms with Crippen LogP contribution in [0.4, 0.5) is 4.79 Å². The summed E-state index contributed by atoms with van der Waals surface area (Å²) in [5.74, 6) is 0.0163. The second kappa shape index (κ2) is 5.58. The predicted molar refractivity (Wildman–Crippen MR) is 61.4 cm³/mol. The third-order valence-electron chi connectivity index (χ3n) is 2.87. The average Bonchev–Trinajstić information content (AvgIpc) is 2.79. The molecule has 0 aliphatic carbocycles. The first-order valence-electron chi connectivity index (χ1n) is 5.53. The minimum Gasteiger partial charge on any atom is -0.409 e.